The van der Waals surface area contributed by atoms with Crippen LogP contribution in [-0.2, 0) is 9.53 Å². The van der Waals surface area contributed by atoms with Gasteiger partial charge in [0.25, 0.3) is 0 Å². The predicted octanol–water partition coefficient (Wildman–Crippen LogP) is 4.80. The number of allylic oxidation sites excluding steroid dienone is 2. The number of ether oxygens (including phenoxy) is 1. The van der Waals surface area contributed by atoms with Crippen molar-refractivity contribution in [3.8, 4) is 0 Å². The molecule has 1 fully saturated rings. The molecule has 0 amide bonds. The first-order chi connectivity index (χ1) is 13.4. The number of aliphatic hydroxyl groups excluding tert-OH is 2. The summed E-state index contributed by atoms with van der Waals surface area (Å²) in [5.41, 5.74) is 1.47. The molecule has 0 aromatic carbocycles. The van der Waals surface area contributed by atoms with E-state index in [1.54, 1.807) is 0 Å². The third-order valence-corrected chi connectivity index (χ3v) is 6.56. The Morgan fingerprint density at radius 1 is 1.36 bits per heavy atom. The van der Waals surface area contributed by atoms with E-state index in [0.717, 1.165) is 38.5 Å². The molecular weight excluding hydrogens is 352 g/mol. The Balaban J connectivity index is 1.77. The van der Waals surface area contributed by atoms with Crippen molar-refractivity contribution in [2.75, 3.05) is 7.11 Å². The number of hydrogen-bond donors (Lipinski definition) is 2. The van der Waals surface area contributed by atoms with Crippen LogP contribution in [-0.4, -0.2) is 35.5 Å². The minimum atomic E-state index is -0.412. The standard InChI is InChI=1S/C24H40O4/c1-4-5-8-17(2)13-20(25)11-12-21-22-15-18(14-19(22)16-23(21)26)9-6-7-10-24(27)28-3/h11-12,14,17,19-23,25-26H,4-10,13,15-16H2,1-3H3/t17-,19-,20+,21+,22-,23+/m0/s1. The zero-order valence-corrected chi connectivity index (χ0v) is 18.0. The number of esters is 1. The summed E-state index contributed by atoms with van der Waals surface area (Å²) in [5, 5.41) is 20.8. The van der Waals surface area contributed by atoms with E-state index in [9.17, 15) is 15.0 Å². The van der Waals surface area contributed by atoms with Crippen molar-refractivity contribution in [1.29, 1.82) is 0 Å². The minimum absolute atomic E-state index is 0.131. The van der Waals surface area contributed by atoms with Crippen LogP contribution in [0.2, 0.25) is 0 Å². The smallest absolute Gasteiger partial charge is 0.305 e. The average molecular weight is 393 g/mol. The van der Waals surface area contributed by atoms with Crippen molar-refractivity contribution >= 4 is 5.97 Å². The maximum atomic E-state index is 11.2. The fraction of sp³-hybridized carbons (Fsp3) is 0.792. The molecule has 4 nitrogen and oxygen atoms in total. The minimum Gasteiger partial charge on any atom is -0.469 e. The maximum Gasteiger partial charge on any atom is 0.305 e. The highest BCUT2D eigenvalue weighted by Crippen LogP contribution is 2.48. The van der Waals surface area contributed by atoms with E-state index >= 15 is 0 Å². The average Bonchev–Trinajstić information content (AvgIpc) is 3.18. The lowest BCUT2D eigenvalue weighted by Crippen LogP contribution is -2.18. The fourth-order valence-electron chi connectivity index (χ4n) is 4.93. The van der Waals surface area contributed by atoms with Crippen molar-refractivity contribution in [2.24, 2.45) is 23.7 Å². The second-order valence-electron chi connectivity index (χ2n) is 8.96. The van der Waals surface area contributed by atoms with E-state index < -0.39 is 6.10 Å². The lowest BCUT2D eigenvalue weighted by atomic mass is 9.88. The molecule has 0 bridgehead atoms. The summed E-state index contributed by atoms with van der Waals surface area (Å²) in [6, 6.07) is 0. The van der Waals surface area contributed by atoms with Gasteiger partial charge >= 0.3 is 5.97 Å². The number of aliphatic hydroxyl groups is 2. The van der Waals surface area contributed by atoms with Crippen LogP contribution in [0.15, 0.2) is 23.8 Å². The van der Waals surface area contributed by atoms with Crippen molar-refractivity contribution < 1.29 is 19.7 Å². The molecule has 0 saturated heterocycles. The number of rotatable bonds is 12. The molecule has 0 spiro atoms. The van der Waals surface area contributed by atoms with E-state index in [1.165, 1.54) is 31.9 Å². The molecule has 2 aliphatic carbocycles. The topological polar surface area (TPSA) is 66.8 Å². The largest absolute Gasteiger partial charge is 0.469 e. The first kappa shape index (κ1) is 23.2. The molecule has 1 saturated carbocycles. The second-order valence-corrected chi connectivity index (χ2v) is 8.96. The highest BCUT2D eigenvalue weighted by atomic mass is 16.5. The Kier molecular flexibility index (Phi) is 9.73. The highest BCUT2D eigenvalue weighted by molar-refractivity contribution is 5.68. The van der Waals surface area contributed by atoms with Crippen molar-refractivity contribution in [3.63, 3.8) is 0 Å². The maximum absolute atomic E-state index is 11.2. The van der Waals surface area contributed by atoms with Gasteiger partial charge in [-0.3, -0.25) is 4.79 Å². The predicted molar refractivity (Wildman–Crippen MR) is 113 cm³/mol. The Morgan fingerprint density at radius 3 is 2.86 bits per heavy atom. The quantitative estimate of drug-likeness (QED) is 0.284. The zero-order chi connectivity index (χ0) is 20.5. The summed E-state index contributed by atoms with van der Waals surface area (Å²) >= 11 is 0. The molecule has 0 aromatic rings. The lowest BCUT2D eigenvalue weighted by molar-refractivity contribution is -0.140. The van der Waals surface area contributed by atoms with Gasteiger partial charge in [0.1, 0.15) is 0 Å². The van der Waals surface area contributed by atoms with Gasteiger partial charge in [0, 0.05) is 12.3 Å². The van der Waals surface area contributed by atoms with Crippen LogP contribution in [0, 0.1) is 23.7 Å². The fourth-order valence-corrected chi connectivity index (χ4v) is 4.93. The number of carbonyl (C=O) groups excluding carboxylic acids is 1. The van der Waals surface area contributed by atoms with Gasteiger partial charge in [-0.25, -0.2) is 0 Å². The Hall–Kier alpha value is -1.13. The molecule has 2 rings (SSSR count). The van der Waals surface area contributed by atoms with Crippen molar-refractivity contribution in [1.82, 2.24) is 0 Å². The van der Waals surface area contributed by atoms with Gasteiger partial charge in [0.05, 0.1) is 19.3 Å². The zero-order valence-electron chi connectivity index (χ0n) is 18.0. The van der Waals surface area contributed by atoms with Crippen molar-refractivity contribution in [3.05, 3.63) is 23.8 Å². The normalized spacial score (nSPS) is 29.0. The van der Waals surface area contributed by atoms with E-state index in [2.05, 4.69) is 30.7 Å². The van der Waals surface area contributed by atoms with Gasteiger partial charge in [0.2, 0.25) is 0 Å². The summed E-state index contributed by atoms with van der Waals surface area (Å²) in [6.07, 6.45) is 15.3. The Morgan fingerprint density at radius 2 is 2.14 bits per heavy atom. The van der Waals surface area contributed by atoms with E-state index in [4.69, 9.17) is 0 Å². The molecule has 0 radical (unpaired) electrons. The number of fused-ring (bicyclic) bond motifs is 1. The van der Waals surface area contributed by atoms with E-state index in [0.29, 0.717) is 24.2 Å². The summed E-state index contributed by atoms with van der Waals surface area (Å²) in [4.78, 5) is 11.2. The van der Waals surface area contributed by atoms with Crippen molar-refractivity contribution in [2.45, 2.75) is 90.3 Å². The van der Waals surface area contributed by atoms with Crippen LogP contribution >= 0.6 is 0 Å². The van der Waals surface area contributed by atoms with E-state index in [-0.39, 0.29) is 18.0 Å². The molecular formula is C24H40O4. The summed E-state index contributed by atoms with van der Waals surface area (Å²) in [6.45, 7) is 4.41. The van der Waals surface area contributed by atoms with Gasteiger partial charge in [-0.2, -0.15) is 0 Å². The molecule has 0 heterocycles. The molecule has 0 unspecified atom stereocenters. The van der Waals surface area contributed by atoms with Crippen LogP contribution in [0.1, 0.15) is 78.1 Å². The number of carbonyl (C=O) groups is 1. The van der Waals surface area contributed by atoms with E-state index in [1.807, 2.05) is 6.08 Å². The molecule has 2 N–H and O–H groups in total. The van der Waals surface area contributed by atoms with Crippen LogP contribution in [0.3, 0.4) is 0 Å². The van der Waals surface area contributed by atoms with Gasteiger partial charge in [0.15, 0.2) is 0 Å². The molecule has 6 atom stereocenters. The number of methoxy groups -OCH3 is 1. The van der Waals surface area contributed by atoms with Crippen LogP contribution in [0.4, 0.5) is 0 Å². The van der Waals surface area contributed by atoms with Gasteiger partial charge in [-0.1, -0.05) is 56.9 Å². The molecule has 2 aliphatic rings. The Labute approximate surface area is 171 Å². The lowest BCUT2D eigenvalue weighted by Gasteiger charge is -2.19. The molecule has 0 aromatic heterocycles. The SMILES string of the molecule is CCCC[C@H](C)C[C@H](O)C=C[C@@H]1[C@H]2CC(CCCCC(=O)OC)=C[C@H]2C[C@H]1O. The number of unbranched alkanes of at least 4 members (excludes halogenated alkanes) is 2. The second kappa shape index (κ2) is 11.8. The number of hydrogen-bond acceptors (Lipinski definition) is 4. The molecule has 0 aliphatic heterocycles. The monoisotopic (exact) mass is 392 g/mol. The first-order valence-electron chi connectivity index (χ1n) is 11.2. The molecule has 4 heteroatoms. The summed E-state index contributed by atoms with van der Waals surface area (Å²) in [5.74, 6) is 1.47. The van der Waals surface area contributed by atoms with Crippen LogP contribution in [0.25, 0.3) is 0 Å². The third-order valence-electron chi connectivity index (χ3n) is 6.56. The van der Waals surface area contributed by atoms with Crippen LogP contribution in [0.5, 0.6) is 0 Å². The molecule has 160 valence electrons. The highest BCUT2D eigenvalue weighted by Gasteiger charge is 2.43. The third kappa shape index (κ3) is 7.04. The van der Waals surface area contributed by atoms with Gasteiger partial charge in [-0.05, 0) is 56.3 Å². The van der Waals surface area contributed by atoms with Crippen LogP contribution < -0.4 is 0 Å². The Bertz CT molecular complexity index is 539. The van der Waals surface area contributed by atoms with Gasteiger partial charge < -0.3 is 14.9 Å². The first-order valence-corrected chi connectivity index (χ1v) is 11.2. The molecule has 28 heavy (non-hydrogen) atoms. The van der Waals surface area contributed by atoms with Gasteiger partial charge in [-0.15, -0.1) is 0 Å². The summed E-state index contributed by atoms with van der Waals surface area (Å²) < 4.78 is 4.69. The summed E-state index contributed by atoms with van der Waals surface area (Å²) in [7, 11) is 1.44.